The molecule has 2 heterocycles. The summed E-state index contributed by atoms with van der Waals surface area (Å²) in [6, 6.07) is 17.9. The lowest BCUT2D eigenvalue weighted by molar-refractivity contribution is -0.217. The first-order chi connectivity index (χ1) is 16.6. The molecular formula is C25H25F3N4O3. The number of aromatic nitrogens is 2. The molecule has 3 atom stereocenters. The first-order valence-corrected chi connectivity index (χ1v) is 11.1. The number of nitrogens with zero attached hydrogens (tertiary/aromatic N) is 2. The monoisotopic (exact) mass is 486 g/mol. The van der Waals surface area contributed by atoms with E-state index in [9.17, 15) is 22.8 Å². The standard InChI is InChI=1S/C25H25F3N4O3/c1-15-20(13-29-23(15)33)24(34)30-22-12-21(32(31-22)19-9-4-3-5-10-19)18-8-6-7-17(11-18)14-35-16(2)25(26,27)28/h3-12,15-16,20H,13-14H2,1-2H3,(H,29,33)(H,30,31,34)/t15-,16-,20+/m1/s1. The van der Waals surface area contributed by atoms with Gasteiger partial charge < -0.3 is 15.4 Å². The molecule has 0 unspecified atom stereocenters. The van der Waals surface area contributed by atoms with Gasteiger partial charge in [0.15, 0.2) is 11.9 Å². The van der Waals surface area contributed by atoms with Gasteiger partial charge in [0.05, 0.1) is 23.9 Å². The predicted molar refractivity (Wildman–Crippen MR) is 124 cm³/mol. The molecule has 2 aromatic carbocycles. The van der Waals surface area contributed by atoms with Gasteiger partial charge >= 0.3 is 6.18 Å². The summed E-state index contributed by atoms with van der Waals surface area (Å²) in [5, 5.41) is 10.0. The predicted octanol–water partition coefficient (Wildman–Crippen LogP) is 4.33. The Balaban J connectivity index is 1.62. The number of halogens is 3. The molecule has 2 amide bonds. The molecule has 1 aromatic heterocycles. The van der Waals surface area contributed by atoms with E-state index in [1.807, 2.05) is 30.3 Å². The molecule has 2 N–H and O–H groups in total. The van der Waals surface area contributed by atoms with Gasteiger partial charge in [-0.25, -0.2) is 4.68 Å². The first-order valence-electron chi connectivity index (χ1n) is 11.1. The fourth-order valence-corrected chi connectivity index (χ4v) is 3.82. The highest BCUT2D eigenvalue weighted by atomic mass is 19.4. The molecule has 4 rings (SSSR count). The van der Waals surface area contributed by atoms with Crippen molar-refractivity contribution in [2.45, 2.75) is 32.7 Å². The number of alkyl halides is 3. The molecule has 35 heavy (non-hydrogen) atoms. The van der Waals surface area contributed by atoms with Gasteiger partial charge in [0.2, 0.25) is 11.8 Å². The average molecular weight is 486 g/mol. The summed E-state index contributed by atoms with van der Waals surface area (Å²) in [5.41, 5.74) is 2.62. The third kappa shape index (κ3) is 5.54. The minimum Gasteiger partial charge on any atom is -0.364 e. The average Bonchev–Trinajstić information content (AvgIpc) is 3.40. The summed E-state index contributed by atoms with van der Waals surface area (Å²) in [5.74, 6) is -1.14. The molecule has 0 radical (unpaired) electrons. The number of ether oxygens (including phenoxy) is 1. The minimum absolute atomic E-state index is 0.167. The highest BCUT2D eigenvalue weighted by Crippen LogP contribution is 2.29. The zero-order chi connectivity index (χ0) is 25.2. The van der Waals surface area contributed by atoms with Crippen LogP contribution >= 0.6 is 0 Å². The van der Waals surface area contributed by atoms with E-state index in [2.05, 4.69) is 15.7 Å². The molecule has 0 spiro atoms. The van der Waals surface area contributed by atoms with E-state index in [0.717, 1.165) is 12.6 Å². The van der Waals surface area contributed by atoms with Crippen LogP contribution in [0.5, 0.6) is 0 Å². The second kappa shape index (κ2) is 9.91. The van der Waals surface area contributed by atoms with Gasteiger partial charge in [-0.15, -0.1) is 5.10 Å². The Kier molecular flexibility index (Phi) is 6.93. The number of rotatable bonds is 7. The number of carbonyl (C=O) groups is 2. The van der Waals surface area contributed by atoms with Crippen LogP contribution in [0.2, 0.25) is 0 Å². The third-order valence-corrected chi connectivity index (χ3v) is 6.00. The third-order valence-electron chi connectivity index (χ3n) is 6.00. The number of benzene rings is 2. The van der Waals surface area contributed by atoms with Gasteiger partial charge in [0.25, 0.3) is 0 Å². The minimum atomic E-state index is -4.44. The first kappa shape index (κ1) is 24.5. The molecule has 1 fully saturated rings. The van der Waals surface area contributed by atoms with Crippen molar-refractivity contribution in [1.29, 1.82) is 0 Å². The van der Waals surface area contributed by atoms with Crippen LogP contribution < -0.4 is 10.6 Å². The lowest BCUT2D eigenvalue weighted by Crippen LogP contribution is -2.28. The summed E-state index contributed by atoms with van der Waals surface area (Å²) >= 11 is 0. The molecule has 0 aliphatic carbocycles. The van der Waals surface area contributed by atoms with Crippen molar-refractivity contribution in [3.05, 3.63) is 66.2 Å². The fourth-order valence-electron chi connectivity index (χ4n) is 3.82. The van der Waals surface area contributed by atoms with Gasteiger partial charge in [-0.05, 0) is 30.7 Å². The van der Waals surface area contributed by atoms with Crippen molar-refractivity contribution >= 4 is 17.6 Å². The van der Waals surface area contributed by atoms with Gasteiger partial charge in [0, 0.05) is 24.1 Å². The molecular weight excluding hydrogens is 461 g/mol. The zero-order valence-electron chi connectivity index (χ0n) is 19.2. The molecule has 1 aliphatic rings. The van der Waals surface area contributed by atoms with Gasteiger partial charge in [0.1, 0.15) is 0 Å². The van der Waals surface area contributed by atoms with Crippen LogP contribution in [0, 0.1) is 11.8 Å². The van der Waals surface area contributed by atoms with Crippen LogP contribution in [0.3, 0.4) is 0 Å². The molecule has 0 saturated carbocycles. The lowest BCUT2D eigenvalue weighted by atomic mass is 9.97. The van der Waals surface area contributed by atoms with Gasteiger partial charge in [-0.3, -0.25) is 9.59 Å². The van der Waals surface area contributed by atoms with E-state index in [1.54, 1.807) is 41.9 Å². The van der Waals surface area contributed by atoms with Crippen LogP contribution in [0.15, 0.2) is 60.7 Å². The number of hydrogen-bond donors (Lipinski definition) is 2. The number of anilines is 1. The molecule has 10 heteroatoms. The summed E-state index contributed by atoms with van der Waals surface area (Å²) < 4.78 is 45.1. The number of amides is 2. The maximum Gasteiger partial charge on any atom is 0.414 e. The Bertz CT molecular complexity index is 1210. The number of para-hydroxylation sites is 1. The van der Waals surface area contributed by atoms with E-state index in [0.29, 0.717) is 22.6 Å². The Labute approximate surface area is 200 Å². The Hall–Kier alpha value is -3.66. The molecule has 0 bridgehead atoms. The molecule has 7 nitrogen and oxygen atoms in total. The van der Waals surface area contributed by atoms with Gasteiger partial charge in [-0.1, -0.05) is 43.3 Å². The second-order valence-electron chi connectivity index (χ2n) is 8.49. The van der Waals surface area contributed by atoms with E-state index >= 15 is 0 Å². The second-order valence-corrected chi connectivity index (χ2v) is 8.49. The Morgan fingerprint density at radius 2 is 1.94 bits per heavy atom. The summed E-state index contributed by atoms with van der Waals surface area (Å²) in [6.45, 7) is 2.72. The number of carbonyl (C=O) groups excluding carboxylic acids is 2. The largest absolute Gasteiger partial charge is 0.414 e. The summed E-state index contributed by atoms with van der Waals surface area (Å²) in [7, 11) is 0. The SMILES string of the molecule is C[C@H]1C(=O)NC[C@@H]1C(=O)Nc1cc(-c2cccc(CO[C@H](C)C(F)(F)F)c2)n(-c2ccccc2)n1. The zero-order valence-corrected chi connectivity index (χ0v) is 19.2. The van der Waals surface area contributed by atoms with Crippen LogP contribution in [0.1, 0.15) is 19.4 Å². The van der Waals surface area contributed by atoms with Crippen LogP contribution in [0.4, 0.5) is 19.0 Å². The highest BCUT2D eigenvalue weighted by molar-refractivity contribution is 5.98. The van der Waals surface area contributed by atoms with Gasteiger partial charge in [-0.2, -0.15) is 13.2 Å². The van der Waals surface area contributed by atoms with Crippen molar-refractivity contribution in [1.82, 2.24) is 15.1 Å². The van der Waals surface area contributed by atoms with Crippen LogP contribution in [-0.2, 0) is 20.9 Å². The van der Waals surface area contributed by atoms with Crippen molar-refractivity contribution in [3.8, 4) is 16.9 Å². The molecule has 1 saturated heterocycles. The van der Waals surface area contributed by atoms with Crippen molar-refractivity contribution < 1.29 is 27.5 Å². The number of hydrogen-bond acceptors (Lipinski definition) is 4. The summed E-state index contributed by atoms with van der Waals surface area (Å²) in [6.07, 6.45) is -6.32. The maximum atomic E-state index is 12.8. The Morgan fingerprint density at radius 1 is 1.20 bits per heavy atom. The van der Waals surface area contributed by atoms with E-state index in [4.69, 9.17) is 4.74 Å². The quantitative estimate of drug-likeness (QED) is 0.521. The van der Waals surface area contributed by atoms with Crippen LogP contribution in [0.25, 0.3) is 16.9 Å². The fraction of sp³-hybridized carbons (Fsp3) is 0.320. The highest BCUT2D eigenvalue weighted by Gasteiger charge is 2.37. The normalized spacial score (nSPS) is 18.8. The topological polar surface area (TPSA) is 85.3 Å². The summed E-state index contributed by atoms with van der Waals surface area (Å²) in [4.78, 5) is 24.6. The van der Waals surface area contributed by atoms with E-state index in [1.165, 1.54) is 0 Å². The van der Waals surface area contributed by atoms with Crippen molar-refractivity contribution in [3.63, 3.8) is 0 Å². The van der Waals surface area contributed by atoms with E-state index in [-0.39, 0.29) is 25.0 Å². The number of nitrogens with one attached hydrogen (secondary N) is 2. The van der Waals surface area contributed by atoms with Crippen LogP contribution in [-0.4, -0.2) is 40.4 Å². The molecule has 1 aliphatic heterocycles. The van der Waals surface area contributed by atoms with Crippen molar-refractivity contribution in [2.24, 2.45) is 11.8 Å². The van der Waals surface area contributed by atoms with E-state index < -0.39 is 24.1 Å². The maximum absolute atomic E-state index is 12.8. The molecule has 3 aromatic rings. The smallest absolute Gasteiger partial charge is 0.364 e. The Morgan fingerprint density at radius 3 is 2.60 bits per heavy atom. The lowest BCUT2D eigenvalue weighted by Gasteiger charge is -2.16. The molecule has 184 valence electrons. The van der Waals surface area contributed by atoms with Crippen molar-refractivity contribution in [2.75, 3.05) is 11.9 Å².